The van der Waals surface area contributed by atoms with Crippen LogP contribution in [0.4, 0.5) is 0 Å². The maximum absolute atomic E-state index is 11.8. The summed E-state index contributed by atoms with van der Waals surface area (Å²) in [4.78, 5) is 14.9. The molecule has 0 aliphatic rings. The van der Waals surface area contributed by atoms with Crippen molar-refractivity contribution in [1.82, 2.24) is 10.2 Å². The monoisotopic (exact) mass is 226 g/mol. The molecular formula is C11H18N2OS. The molecule has 0 saturated heterocycles. The van der Waals surface area contributed by atoms with Crippen LogP contribution in [0.25, 0.3) is 0 Å². The second kappa shape index (κ2) is 5.88. The van der Waals surface area contributed by atoms with Crippen molar-refractivity contribution < 1.29 is 4.79 Å². The molecule has 0 fully saturated rings. The molecule has 0 spiro atoms. The van der Waals surface area contributed by atoms with Gasteiger partial charge in [0.25, 0.3) is 0 Å². The summed E-state index contributed by atoms with van der Waals surface area (Å²) in [6.07, 6.45) is 0. The molecule has 3 nitrogen and oxygen atoms in total. The van der Waals surface area contributed by atoms with Crippen molar-refractivity contribution in [2.75, 3.05) is 13.6 Å². The Morgan fingerprint density at radius 3 is 2.80 bits per heavy atom. The Morgan fingerprint density at radius 1 is 1.60 bits per heavy atom. The Bertz CT molecular complexity index is 296. The number of hydrogen-bond acceptors (Lipinski definition) is 3. The number of hydrogen-bond donors (Lipinski definition) is 1. The van der Waals surface area contributed by atoms with Gasteiger partial charge in [-0.05, 0) is 32.3 Å². The molecule has 0 unspecified atom stereocenters. The van der Waals surface area contributed by atoms with E-state index >= 15 is 0 Å². The highest BCUT2D eigenvalue weighted by molar-refractivity contribution is 7.09. The van der Waals surface area contributed by atoms with E-state index in [1.807, 2.05) is 30.2 Å². The normalized spacial score (nSPS) is 10.7. The summed E-state index contributed by atoms with van der Waals surface area (Å²) in [6.45, 7) is 5.21. The lowest BCUT2D eigenvalue weighted by Gasteiger charge is -2.26. The number of carbonyl (C=O) groups is 1. The summed E-state index contributed by atoms with van der Waals surface area (Å²) in [7, 11) is 1.79. The average Bonchev–Trinajstić information content (AvgIpc) is 2.66. The molecule has 0 bridgehead atoms. The first-order chi connectivity index (χ1) is 7.15. The SMILES string of the molecule is CNCC(=O)N(Cc1cccs1)C(C)C. The molecule has 0 atom stereocenters. The van der Waals surface area contributed by atoms with E-state index in [9.17, 15) is 4.79 Å². The predicted molar refractivity (Wildman–Crippen MR) is 63.9 cm³/mol. The smallest absolute Gasteiger partial charge is 0.237 e. The van der Waals surface area contributed by atoms with E-state index in [-0.39, 0.29) is 11.9 Å². The second-order valence-electron chi connectivity index (χ2n) is 3.73. The number of rotatable bonds is 5. The zero-order valence-electron chi connectivity index (χ0n) is 9.49. The maximum Gasteiger partial charge on any atom is 0.237 e. The van der Waals surface area contributed by atoms with Gasteiger partial charge in [-0.1, -0.05) is 6.07 Å². The highest BCUT2D eigenvalue weighted by atomic mass is 32.1. The largest absolute Gasteiger partial charge is 0.334 e. The molecule has 15 heavy (non-hydrogen) atoms. The number of likely N-dealkylation sites (N-methyl/N-ethyl adjacent to an activating group) is 1. The van der Waals surface area contributed by atoms with Gasteiger partial charge >= 0.3 is 0 Å². The molecule has 0 radical (unpaired) electrons. The first-order valence-electron chi connectivity index (χ1n) is 5.11. The third-order valence-electron chi connectivity index (χ3n) is 2.18. The van der Waals surface area contributed by atoms with Crippen molar-refractivity contribution in [3.8, 4) is 0 Å². The fraction of sp³-hybridized carbons (Fsp3) is 0.545. The van der Waals surface area contributed by atoms with E-state index in [2.05, 4.69) is 11.4 Å². The fourth-order valence-corrected chi connectivity index (χ4v) is 2.08. The maximum atomic E-state index is 11.8. The Morgan fingerprint density at radius 2 is 2.33 bits per heavy atom. The minimum Gasteiger partial charge on any atom is -0.334 e. The molecule has 0 aromatic carbocycles. The average molecular weight is 226 g/mol. The van der Waals surface area contributed by atoms with Crippen LogP contribution in [0.15, 0.2) is 17.5 Å². The van der Waals surface area contributed by atoms with Crippen molar-refractivity contribution in [1.29, 1.82) is 0 Å². The molecule has 4 heteroatoms. The molecule has 1 aromatic heterocycles. The van der Waals surface area contributed by atoms with Gasteiger partial charge in [0.1, 0.15) is 0 Å². The van der Waals surface area contributed by atoms with Crippen molar-refractivity contribution in [2.45, 2.75) is 26.4 Å². The Kier molecular flexibility index (Phi) is 4.78. The van der Waals surface area contributed by atoms with Crippen LogP contribution >= 0.6 is 11.3 Å². The summed E-state index contributed by atoms with van der Waals surface area (Å²) in [5, 5.41) is 4.93. The molecule has 0 aliphatic carbocycles. The lowest BCUT2D eigenvalue weighted by molar-refractivity contribution is -0.132. The van der Waals surface area contributed by atoms with Gasteiger partial charge in [0.2, 0.25) is 5.91 Å². The third kappa shape index (κ3) is 3.64. The molecule has 1 amide bonds. The number of amides is 1. The van der Waals surface area contributed by atoms with E-state index in [0.717, 1.165) is 6.54 Å². The molecule has 1 N–H and O–H groups in total. The summed E-state index contributed by atoms with van der Waals surface area (Å²) in [5.74, 6) is 0.154. The van der Waals surface area contributed by atoms with Gasteiger partial charge in [0.15, 0.2) is 0 Å². The quantitative estimate of drug-likeness (QED) is 0.829. The molecule has 0 saturated carbocycles. The molecule has 1 rings (SSSR count). The van der Waals surface area contributed by atoms with Crippen LogP contribution in [-0.4, -0.2) is 30.4 Å². The van der Waals surface area contributed by atoms with Gasteiger partial charge in [0.05, 0.1) is 13.1 Å². The summed E-state index contributed by atoms with van der Waals surface area (Å²) >= 11 is 1.69. The van der Waals surface area contributed by atoms with Crippen LogP contribution in [0.5, 0.6) is 0 Å². The van der Waals surface area contributed by atoms with Gasteiger partial charge in [-0.3, -0.25) is 4.79 Å². The minimum absolute atomic E-state index is 0.154. The Labute approximate surface area is 95.1 Å². The molecule has 1 aromatic rings. The van der Waals surface area contributed by atoms with Crippen LogP contribution in [0.3, 0.4) is 0 Å². The van der Waals surface area contributed by atoms with E-state index in [4.69, 9.17) is 0 Å². The highest BCUT2D eigenvalue weighted by Gasteiger charge is 2.16. The Balaban J connectivity index is 2.62. The van der Waals surface area contributed by atoms with Crippen molar-refractivity contribution in [3.63, 3.8) is 0 Å². The number of thiophene rings is 1. The van der Waals surface area contributed by atoms with Gasteiger partial charge in [-0.15, -0.1) is 11.3 Å². The van der Waals surface area contributed by atoms with Crippen LogP contribution in [0.2, 0.25) is 0 Å². The lowest BCUT2D eigenvalue weighted by Crippen LogP contribution is -2.40. The summed E-state index contributed by atoms with van der Waals surface area (Å²) < 4.78 is 0. The Hall–Kier alpha value is -0.870. The number of nitrogens with zero attached hydrogens (tertiary/aromatic N) is 1. The summed E-state index contributed by atoms with van der Waals surface area (Å²) in [5.41, 5.74) is 0. The van der Waals surface area contributed by atoms with E-state index < -0.39 is 0 Å². The van der Waals surface area contributed by atoms with E-state index in [0.29, 0.717) is 6.54 Å². The topological polar surface area (TPSA) is 32.3 Å². The third-order valence-corrected chi connectivity index (χ3v) is 3.04. The zero-order chi connectivity index (χ0) is 11.3. The molecular weight excluding hydrogens is 208 g/mol. The number of nitrogens with one attached hydrogen (secondary N) is 1. The first-order valence-corrected chi connectivity index (χ1v) is 5.99. The van der Waals surface area contributed by atoms with Crippen molar-refractivity contribution in [3.05, 3.63) is 22.4 Å². The van der Waals surface area contributed by atoms with Gasteiger partial charge < -0.3 is 10.2 Å². The second-order valence-corrected chi connectivity index (χ2v) is 4.76. The van der Waals surface area contributed by atoms with Gasteiger partial charge in [-0.25, -0.2) is 0 Å². The van der Waals surface area contributed by atoms with Crippen LogP contribution in [-0.2, 0) is 11.3 Å². The summed E-state index contributed by atoms with van der Waals surface area (Å²) in [6, 6.07) is 4.32. The zero-order valence-corrected chi connectivity index (χ0v) is 10.3. The van der Waals surface area contributed by atoms with E-state index in [1.54, 1.807) is 18.4 Å². The van der Waals surface area contributed by atoms with Crippen LogP contribution in [0.1, 0.15) is 18.7 Å². The first kappa shape index (κ1) is 12.2. The molecule has 0 aliphatic heterocycles. The standard InChI is InChI=1S/C11H18N2OS/c1-9(2)13(11(14)7-12-3)8-10-5-4-6-15-10/h4-6,9,12H,7-8H2,1-3H3. The van der Waals surface area contributed by atoms with Crippen molar-refractivity contribution >= 4 is 17.2 Å². The number of carbonyl (C=O) groups excluding carboxylic acids is 1. The predicted octanol–water partition coefficient (Wildman–Crippen LogP) is 1.70. The molecule has 84 valence electrons. The fourth-order valence-electron chi connectivity index (χ4n) is 1.38. The van der Waals surface area contributed by atoms with Crippen LogP contribution in [0, 0.1) is 0 Å². The van der Waals surface area contributed by atoms with E-state index in [1.165, 1.54) is 4.88 Å². The minimum atomic E-state index is 0.154. The van der Waals surface area contributed by atoms with Gasteiger partial charge in [-0.2, -0.15) is 0 Å². The lowest BCUT2D eigenvalue weighted by atomic mass is 10.3. The highest BCUT2D eigenvalue weighted by Crippen LogP contribution is 2.13. The van der Waals surface area contributed by atoms with Gasteiger partial charge in [0, 0.05) is 10.9 Å². The van der Waals surface area contributed by atoms with Crippen molar-refractivity contribution in [2.24, 2.45) is 0 Å². The van der Waals surface area contributed by atoms with Crippen LogP contribution < -0.4 is 5.32 Å². The molecule has 1 heterocycles.